The fourth-order valence-corrected chi connectivity index (χ4v) is 4.02. The van der Waals surface area contributed by atoms with Gasteiger partial charge in [-0.15, -0.1) is 0 Å². The molecule has 4 N–H and O–H groups in total. The summed E-state index contributed by atoms with van der Waals surface area (Å²) in [6, 6.07) is 15.7. The molecule has 1 aromatic heterocycles. The highest BCUT2D eigenvalue weighted by molar-refractivity contribution is 6.30. The molecule has 1 aliphatic heterocycles. The van der Waals surface area contributed by atoms with Crippen molar-refractivity contribution in [2.24, 2.45) is 11.7 Å². The zero-order valence-corrected chi connectivity index (χ0v) is 20.9. The Labute approximate surface area is 215 Å². The molecule has 8 nitrogen and oxygen atoms in total. The number of rotatable bonds is 9. The molecule has 2 amide bonds. The molecule has 3 aromatic rings. The molecule has 4 rings (SSSR count). The zero-order valence-electron chi connectivity index (χ0n) is 20.2. The Morgan fingerprint density at radius 3 is 2.53 bits per heavy atom. The molecule has 2 aromatic carbocycles. The van der Waals surface area contributed by atoms with Crippen LogP contribution in [0.4, 0.5) is 17.2 Å². The molecular weight excluding hydrogens is 478 g/mol. The molecule has 0 radical (unpaired) electrons. The summed E-state index contributed by atoms with van der Waals surface area (Å²) in [5.41, 5.74) is 7.84. The SMILES string of the molecule is CC(CN)COc1cc(N2CCCC2)ccc1C(=O)Nc1ccccc1C(=O)Nc1ccc(Cl)cn1. The van der Waals surface area contributed by atoms with Gasteiger partial charge in [0.05, 0.1) is 28.4 Å². The molecule has 0 aliphatic carbocycles. The monoisotopic (exact) mass is 507 g/mol. The van der Waals surface area contributed by atoms with Gasteiger partial charge in [0.15, 0.2) is 0 Å². The van der Waals surface area contributed by atoms with Gasteiger partial charge in [-0.1, -0.05) is 30.7 Å². The van der Waals surface area contributed by atoms with Crippen molar-refractivity contribution < 1.29 is 14.3 Å². The number of carbonyl (C=O) groups is 2. The second-order valence-corrected chi connectivity index (χ2v) is 9.28. The highest BCUT2D eigenvalue weighted by Gasteiger charge is 2.20. The van der Waals surface area contributed by atoms with Gasteiger partial charge in [0.2, 0.25) is 0 Å². The van der Waals surface area contributed by atoms with E-state index in [1.54, 1.807) is 42.5 Å². The third kappa shape index (κ3) is 6.33. The Morgan fingerprint density at radius 1 is 1.06 bits per heavy atom. The van der Waals surface area contributed by atoms with Gasteiger partial charge in [-0.2, -0.15) is 0 Å². The quantitative estimate of drug-likeness (QED) is 0.383. The number of ether oxygens (including phenoxy) is 1. The summed E-state index contributed by atoms with van der Waals surface area (Å²) < 4.78 is 6.05. The summed E-state index contributed by atoms with van der Waals surface area (Å²) in [6.45, 7) is 4.84. The molecule has 1 fully saturated rings. The van der Waals surface area contributed by atoms with Gasteiger partial charge in [-0.25, -0.2) is 4.98 Å². The van der Waals surface area contributed by atoms with Crippen molar-refractivity contribution >= 4 is 40.6 Å². The van der Waals surface area contributed by atoms with Crippen LogP contribution in [-0.2, 0) is 0 Å². The molecule has 1 saturated heterocycles. The Morgan fingerprint density at radius 2 is 1.81 bits per heavy atom. The third-order valence-corrected chi connectivity index (χ3v) is 6.22. The largest absolute Gasteiger partial charge is 0.492 e. The first-order chi connectivity index (χ1) is 17.4. The van der Waals surface area contributed by atoms with Crippen molar-refractivity contribution in [1.29, 1.82) is 0 Å². The summed E-state index contributed by atoms with van der Waals surface area (Å²) in [5.74, 6) is 0.209. The maximum atomic E-state index is 13.4. The van der Waals surface area contributed by atoms with E-state index in [9.17, 15) is 9.59 Å². The van der Waals surface area contributed by atoms with Crippen molar-refractivity contribution in [2.45, 2.75) is 19.8 Å². The van der Waals surface area contributed by atoms with Crippen molar-refractivity contribution in [1.82, 2.24) is 4.98 Å². The normalized spacial score (nSPS) is 13.8. The lowest BCUT2D eigenvalue weighted by Crippen LogP contribution is -2.22. The number of hydrogen-bond donors (Lipinski definition) is 3. The summed E-state index contributed by atoms with van der Waals surface area (Å²) in [6.07, 6.45) is 3.74. The number of aromatic nitrogens is 1. The minimum Gasteiger partial charge on any atom is -0.492 e. The molecule has 2 heterocycles. The second-order valence-electron chi connectivity index (χ2n) is 8.84. The third-order valence-electron chi connectivity index (χ3n) is 6.00. The Balaban J connectivity index is 1.56. The second kappa shape index (κ2) is 11.9. The standard InChI is InChI=1S/C27H30ClN5O3/c1-18(15-29)17-36-24-14-20(33-12-4-5-13-33)9-10-22(24)27(35)31-23-7-3-2-6-21(23)26(34)32-25-11-8-19(28)16-30-25/h2-3,6-11,14,16,18H,4-5,12-13,15,17,29H2,1H3,(H,31,35)(H,30,32,34). The number of para-hydroxylation sites is 1. The minimum absolute atomic E-state index is 0.141. The minimum atomic E-state index is -0.404. The molecule has 0 spiro atoms. The lowest BCUT2D eigenvalue weighted by atomic mass is 10.1. The average molecular weight is 508 g/mol. The number of nitrogens with two attached hydrogens (primary N) is 1. The summed E-state index contributed by atoms with van der Waals surface area (Å²) in [7, 11) is 0. The van der Waals surface area contributed by atoms with E-state index in [0.717, 1.165) is 31.6 Å². The predicted octanol–water partition coefficient (Wildman–Crippen LogP) is 4.81. The van der Waals surface area contributed by atoms with Gasteiger partial charge in [0.25, 0.3) is 11.8 Å². The average Bonchev–Trinajstić information content (AvgIpc) is 3.44. The molecule has 9 heteroatoms. The molecule has 1 atom stereocenters. The van der Waals surface area contributed by atoms with Crippen molar-refractivity contribution in [3.63, 3.8) is 0 Å². The van der Waals surface area contributed by atoms with Crippen LogP contribution in [0, 0.1) is 5.92 Å². The van der Waals surface area contributed by atoms with Gasteiger partial charge in [-0.05, 0) is 55.8 Å². The molecular formula is C27H30ClN5O3. The van der Waals surface area contributed by atoms with Gasteiger partial charge in [0, 0.05) is 37.0 Å². The van der Waals surface area contributed by atoms with Crippen molar-refractivity contribution in [3.05, 3.63) is 76.9 Å². The van der Waals surface area contributed by atoms with E-state index in [1.807, 2.05) is 19.1 Å². The molecule has 1 unspecified atom stereocenters. The van der Waals surface area contributed by atoms with E-state index >= 15 is 0 Å². The maximum Gasteiger partial charge on any atom is 0.259 e. The van der Waals surface area contributed by atoms with Gasteiger partial charge < -0.3 is 26.0 Å². The van der Waals surface area contributed by atoms with Crippen LogP contribution in [0.5, 0.6) is 5.75 Å². The lowest BCUT2D eigenvalue weighted by molar-refractivity contribution is 0.102. The van der Waals surface area contributed by atoms with Crippen LogP contribution in [0.1, 0.15) is 40.5 Å². The van der Waals surface area contributed by atoms with E-state index in [1.165, 1.54) is 6.20 Å². The number of carbonyl (C=O) groups excluding carboxylic acids is 2. The molecule has 36 heavy (non-hydrogen) atoms. The summed E-state index contributed by atoms with van der Waals surface area (Å²) >= 11 is 5.87. The first-order valence-corrected chi connectivity index (χ1v) is 12.4. The molecule has 1 aliphatic rings. The van der Waals surface area contributed by atoms with Crippen LogP contribution in [0.2, 0.25) is 5.02 Å². The van der Waals surface area contributed by atoms with Gasteiger partial charge in [0.1, 0.15) is 11.6 Å². The first kappa shape index (κ1) is 25.5. The number of pyridine rings is 1. The number of amides is 2. The van der Waals surface area contributed by atoms with Crippen LogP contribution in [0.15, 0.2) is 60.8 Å². The Kier molecular flexibility index (Phi) is 8.40. The lowest BCUT2D eigenvalue weighted by Gasteiger charge is -2.21. The van der Waals surface area contributed by atoms with E-state index in [-0.39, 0.29) is 11.8 Å². The van der Waals surface area contributed by atoms with E-state index in [4.69, 9.17) is 22.1 Å². The summed E-state index contributed by atoms with van der Waals surface area (Å²) in [4.78, 5) is 32.7. The van der Waals surface area contributed by atoms with Gasteiger partial charge in [-0.3, -0.25) is 9.59 Å². The van der Waals surface area contributed by atoms with E-state index in [0.29, 0.717) is 46.6 Å². The number of benzene rings is 2. The fraction of sp³-hybridized carbons (Fsp3) is 0.296. The Bertz CT molecular complexity index is 1210. The van der Waals surface area contributed by atoms with Crippen molar-refractivity contribution in [2.75, 3.05) is 41.8 Å². The zero-order chi connectivity index (χ0) is 25.5. The van der Waals surface area contributed by atoms with Crippen molar-refractivity contribution in [3.8, 4) is 5.75 Å². The number of nitrogens with one attached hydrogen (secondary N) is 2. The fourth-order valence-electron chi connectivity index (χ4n) is 3.90. The number of anilines is 3. The molecule has 0 bridgehead atoms. The van der Waals surface area contributed by atoms with E-state index in [2.05, 4.69) is 20.5 Å². The van der Waals surface area contributed by atoms with Gasteiger partial charge >= 0.3 is 0 Å². The summed E-state index contributed by atoms with van der Waals surface area (Å²) in [5, 5.41) is 6.07. The predicted molar refractivity (Wildman–Crippen MR) is 143 cm³/mol. The van der Waals surface area contributed by atoms with E-state index < -0.39 is 5.91 Å². The van der Waals surface area contributed by atoms with Crippen LogP contribution in [0.3, 0.4) is 0 Å². The topological polar surface area (TPSA) is 110 Å². The number of nitrogens with zero attached hydrogens (tertiary/aromatic N) is 2. The van der Waals surface area contributed by atoms with Crippen LogP contribution >= 0.6 is 11.6 Å². The van der Waals surface area contributed by atoms with Crippen LogP contribution < -0.4 is 26.0 Å². The Hall–Kier alpha value is -3.62. The smallest absolute Gasteiger partial charge is 0.259 e. The first-order valence-electron chi connectivity index (χ1n) is 12.0. The highest BCUT2D eigenvalue weighted by Crippen LogP contribution is 2.30. The maximum absolute atomic E-state index is 13.4. The molecule has 0 saturated carbocycles. The number of halogens is 1. The number of hydrogen-bond acceptors (Lipinski definition) is 6. The van der Waals surface area contributed by atoms with Crippen LogP contribution in [0.25, 0.3) is 0 Å². The highest BCUT2D eigenvalue weighted by atomic mass is 35.5. The van der Waals surface area contributed by atoms with Crippen LogP contribution in [-0.4, -0.2) is 43.0 Å². The molecule has 188 valence electrons.